The fourth-order valence-electron chi connectivity index (χ4n) is 1.78. The lowest BCUT2D eigenvalue weighted by Crippen LogP contribution is -2.13. The van der Waals surface area contributed by atoms with Crippen LogP contribution in [0.2, 0.25) is 0 Å². The molecule has 0 saturated heterocycles. The van der Waals surface area contributed by atoms with E-state index in [1.807, 2.05) is 0 Å². The second-order valence-electron chi connectivity index (χ2n) is 3.88. The summed E-state index contributed by atoms with van der Waals surface area (Å²) in [6.07, 6.45) is -1.64. The van der Waals surface area contributed by atoms with Gasteiger partial charge in [0.15, 0.2) is 0 Å². The molecule has 0 saturated carbocycles. The smallest absolute Gasteiger partial charge is 0.280 e. The monoisotopic (exact) mass is 280 g/mol. The number of imidazole rings is 1. The average molecular weight is 280 g/mol. The first-order valence-corrected chi connectivity index (χ1v) is 5.63. The first-order valence-electron chi connectivity index (χ1n) is 5.63. The highest BCUT2D eigenvalue weighted by Crippen LogP contribution is 2.21. The molecule has 2 aromatic rings. The van der Waals surface area contributed by atoms with Gasteiger partial charge in [-0.3, -0.25) is 9.98 Å². The van der Waals surface area contributed by atoms with Crippen LogP contribution in [-0.2, 0) is 0 Å². The Morgan fingerprint density at radius 3 is 2.80 bits per heavy atom. The van der Waals surface area contributed by atoms with E-state index in [0.29, 0.717) is 11.0 Å². The van der Waals surface area contributed by atoms with Crippen molar-refractivity contribution in [2.75, 3.05) is 7.05 Å². The van der Waals surface area contributed by atoms with Crippen molar-refractivity contribution in [2.24, 2.45) is 9.98 Å². The normalized spacial score (nSPS) is 13.2. The van der Waals surface area contributed by atoms with Crippen molar-refractivity contribution in [1.82, 2.24) is 9.97 Å². The van der Waals surface area contributed by atoms with Gasteiger partial charge in [0, 0.05) is 13.2 Å². The predicted molar refractivity (Wildman–Crippen MR) is 72.9 cm³/mol. The van der Waals surface area contributed by atoms with Crippen LogP contribution in [0.5, 0.6) is 0 Å². The van der Waals surface area contributed by atoms with Crippen LogP contribution in [-0.4, -0.2) is 35.9 Å². The minimum absolute atomic E-state index is 0.0223. The molecular weight excluding hydrogens is 269 g/mol. The molecule has 1 N–H and O–H groups in total. The maximum atomic E-state index is 13.1. The third-order valence-corrected chi connectivity index (χ3v) is 2.64. The Balaban J connectivity index is 2.58. The van der Waals surface area contributed by atoms with Crippen LogP contribution in [0, 0.1) is 5.82 Å². The Morgan fingerprint density at radius 2 is 2.20 bits per heavy atom. The number of hydrogen-bond acceptors (Lipinski definition) is 3. The maximum Gasteiger partial charge on any atom is 0.280 e. The molecule has 1 heterocycles. The lowest BCUT2D eigenvalue weighted by atomic mass is 10.1. The number of fused-ring (bicyclic) bond motifs is 1. The highest BCUT2D eigenvalue weighted by Gasteiger charge is 2.21. The highest BCUT2D eigenvalue weighted by molar-refractivity contribution is 6.24. The van der Waals surface area contributed by atoms with E-state index in [4.69, 9.17) is 0 Å². The Kier molecular flexibility index (Phi) is 3.97. The van der Waals surface area contributed by atoms with Gasteiger partial charge in [-0.05, 0) is 24.9 Å². The molecule has 1 aromatic heterocycles. The van der Waals surface area contributed by atoms with Gasteiger partial charge in [0.1, 0.15) is 17.4 Å². The van der Waals surface area contributed by atoms with Crippen LogP contribution in [0.4, 0.5) is 13.2 Å². The third kappa shape index (κ3) is 2.61. The van der Waals surface area contributed by atoms with E-state index in [1.165, 1.54) is 25.2 Å². The molecule has 2 rings (SSSR count). The van der Waals surface area contributed by atoms with E-state index >= 15 is 0 Å². The molecule has 1 aromatic carbocycles. The van der Waals surface area contributed by atoms with Crippen molar-refractivity contribution in [2.45, 2.75) is 6.43 Å². The number of benzene rings is 1. The predicted octanol–water partition coefficient (Wildman–Crippen LogP) is 3.08. The Morgan fingerprint density at radius 1 is 1.45 bits per heavy atom. The topological polar surface area (TPSA) is 53.4 Å². The molecule has 20 heavy (non-hydrogen) atoms. The highest BCUT2D eigenvalue weighted by atomic mass is 19.3. The first kappa shape index (κ1) is 14.0. The zero-order valence-corrected chi connectivity index (χ0v) is 10.6. The van der Waals surface area contributed by atoms with Gasteiger partial charge in [0.25, 0.3) is 6.43 Å². The SMILES string of the molecule is C=N/C=C(\C(=NC)C(F)F)c1nc2ccc(F)cc2[nH]1. The maximum absolute atomic E-state index is 13.1. The Hall–Kier alpha value is -2.44. The molecule has 0 bridgehead atoms. The van der Waals surface area contributed by atoms with E-state index < -0.39 is 18.0 Å². The number of nitrogens with one attached hydrogen (secondary N) is 1. The van der Waals surface area contributed by atoms with Gasteiger partial charge in [-0.25, -0.2) is 18.2 Å². The summed E-state index contributed by atoms with van der Waals surface area (Å²) in [6, 6.07) is 3.93. The van der Waals surface area contributed by atoms with Crippen molar-refractivity contribution in [3.05, 3.63) is 36.0 Å². The number of aromatic nitrogens is 2. The molecule has 0 aliphatic heterocycles. The number of allylic oxidation sites excluding steroid dienone is 1. The van der Waals surface area contributed by atoms with E-state index in [1.54, 1.807) is 0 Å². The lowest BCUT2D eigenvalue weighted by molar-refractivity contribution is 0.227. The number of halogens is 3. The summed E-state index contributed by atoms with van der Waals surface area (Å²) in [5.74, 6) is -0.308. The van der Waals surface area contributed by atoms with Gasteiger partial charge >= 0.3 is 0 Å². The second-order valence-corrected chi connectivity index (χ2v) is 3.88. The van der Waals surface area contributed by atoms with Crippen molar-refractivity contribution in [1.29, 1.82) is 0 Å². The number of H-pyrrole nitrogens is 1. The Labute approximate surface area is 112 Å². The van der Waals surface area contributed by atoms with Gasteiger partial charge in [-0.15, -0.1) is 0 Å². The molecule has 0 atom stereocenters. The fourth-order valence-corrected chi connectivity index (χ4v) is 1.78. The summed E-state index contributed by atoms with van der Waals surface area (Å²) in [5.41, 5.74) is 0.423. The van der Waals surface area contributed by atoms with Gasteiger partial charge in [-0.2, -0.15) is 0 Å². The zero-order chi connectivity index (χ0) is 14.7. The molecule has 0 aliphatic rings. The molecule has 0 aliphatic carbocycles. The van der Waals surface area contributed by atoms with Crippen LogP contribution < -0.4 is 0 Å². The molecule has 0 radical (unpaired) electrons. The van der Waals surface area contributed by atoms with Crippen molar-refractivity contribution in [3.63, 3.8) is 0 Å². The molecule has 7 heteroatoms. The molecule has 104 valence electrons. The largest absolute Gasteiger partial charge is 0.338 e. The summed E-state index contributed by atoms with van der Waals surface area (Å²) in [5, 5.41) is 0. The summed E-state index contributed by atoms with van der Waals surface area (Å²) < 4.78 is 39.0. The van der Waals surface area contributed by atoms with Crippen LogP contribution in [0.15, 0.2) is 34.4 Å². The van der Waals surface area contributed by atoms with Crippen molar-refractivity contribution >= 4 is 29.0 Å². The van der Waals surface area contributed by atoms with E-state index in [2.05, 4.69) is 26.7 Å². The number of alkyl halides is 2. The summed E-state index contributed by atoms with van der Waals surface area (Å²) in [7, 11) is 1.25. The van der Waals surface area contributed by atoms with Crippen molar-refractivity contribution < 1.29 is 13.2 Å². The van der Waals surface area contributed by atoms with Gasteiger partial charge in [0.05, 0.1) is 16.6 Å². The van der Waals surface area contributed by atoms with Crippen LogP contribution in [0.3, 0.4) is 0 Å². The van der Waals surface area contributed by atoms with Gasteiger partial charge < -0.3 is 4.98 Å². The molecule has 0 spiro atoms. The Bertz CT molecular complexity index is 701. The third-order valence-electron chi connectivity index (χ3n) is 2.64. The standard InChI is InChI=1S/C13H11F3N4/c1-17-6-8(11(18-2)12(15)16)13-19-9-4-3-7(14)5-10(9)20-13/h3-6,12H,1H2,2H3,(H,19,20)/b8-6+,18-11?. The van der Waals surface area contributed by atoms with Crippen molar-refractivity contribution in [3.8, 4) is 0 Å². The average Bonchev–Trinajstić information content (AvgIpc) is 2.80. The minimum atomic E-state index is -2.78. The van der Waals surface area contributed by atoms with Crippen LogP contribution >= 0.6 is 0 Å². The second kappa shape index (κ2) is 5.68. The number of aromatic amines is 1. The number of rotatable bonds is 4. The number of nitrogens with zero attached hydrogens (tertiary/aromatic N) is 3. The minimum Gasteiger partial charge on any atom is -0.338 e. The molecule has 0 unspecified atom stereocenters. The lowest BCUT2D eigenvalue weighted by Gasteiger charge is -2.06. The molecule has 0 fully saturated rings. The van der Waals surface area contributed by atoms with Gasteiger partial charge in [-0.1, -0.05) is 0 Å². The van der Waals surface area contributed by atoms with Crippen LogP contribution in [0.25, 0.3) is 16.6 Å². The summed E-state index contributed by atoms with van der Waals surface area (Å²) in [6.45, 7) is 3.24. The van der Waals surface area contributed by atoms with E-state index in [0.717, 1.165) is 6.20 Å². The zero-order valence-electron chi connectivity index (χ0n) is 10.6. The number of aliphatic imine (C=N–C) groups is 2. The quantitative estimate of drug-likeness (QED) is 0.860. The molecular formula is C13H11F3N4. The van der Waals surface area contributed by atoms with Crippen LogP contribution in [0.1, 0.15) is 5.82 Å². The summed E-state index contributed by atoms with van der Waals surface area (Å²) in [4.78, 5) is 13.9. The summed E-state index contributed by atoms with van der Waals surface area (Å²) >= 11 is 0. The first-order chi connectivity index (χ1) is 9.56. The number of hydrogen-bond donors (Lipinski definition) is 1. The molecule has 4 nitrogen and oxygen atoms in total. The molecule has 0 amide bonds. The van der Waals surface area contributed by atoms with E-state index in [9.17, 15) is 13.2 Å². The van der Waals surface area contributed by atoms with E-state index in [-0.39, 0.29) is 11.4 Å². The van der Waals surface area contributed by atoms with Gasteiger partial charge in [0.2, 0.25) is 0 Å². The fraction of sp³-hybridized carbons (Fsp3) is 0.154.